The Balaban J connectivity index is 1.87. The first-order valence-electron chi connectivity index (χ1n) is 7.43. The molecular formula is C19H15N3OS. The number of fused-ring (bicyclic) bond motifs is 1. The summed E-state index contributed by atoms with van der Waals surface area (Å²) in [5, 5.41) is 12.5. The Kier molecular flexibility index (Phi) is 4.41. The van der Waals surface area contributed by atoms with Gasteiger partial charge in [-0.15, -0.1) is 0 Å². The largest absolute Gasteiger partial charge is 0.297 e. The van der Waals surface area contributed by atoms with E-state index in [0.717, 1.165) is 26.9 Å². The third kappa shape index (κ3) is 3.34. The Morgan fingerprint density at radius 1 is 1.25 bits per heavy atom. The van der Waals surface area contributed by atoms with E-state index in [2.05, 4.69) is 16.4 Å². The van der Waals surface area contributed by atoms with Gasteiger partial charge in [0.05, 0.1) is 10.2 Å². The highest BCUT2D eigenvalue weighted by atomic mass is 32.1. The summed E-state index contributed by atoms with van der Waals surface area (Å²) in [6, 6.07) is 15.3. The molecule has 0 aliphatic rings. The zero-order valence-electron chi connectivity index (χ0n) is 13.3. The molecule has 2 aromatic carbocycles. The molecule has 1 N–H and O–H groups in total. The number of nitrogens with one attached hydrogen (secondary N) is 1. The predicted octanol–water partition coefficient (Wildman–Crippen LogP) is 4.46. The molecule has 0 atom stereocenters. The van der Waals surface area contributed by atoms with E-state index in [1.54, 1.807) is 6.08 Å². The maximum Gasteiger partial charge on any atom is 0.268 e. The summed E-state index contributed by atoms with van der Waals surface area (Å²) < 4.78 is 1.02. The van der Waals surface area contributed by atoms with E-state index in [1.807, 2.05) is 56.3 Å². The number of hydrogen-bond acceptors (Lipinski definition) is 4. The van der Waals surface area contributed by atoms with Gasteiger partial charge in [0, 0.05) is 0 Å². The number of anilines is 1. The van der Waals surface area contributed by atoms with Crippen LogP contribution in [-0.4, -0.2) is 10.9 Å². The third-order valence-corrected chi connectivity index (χ3v) is 4.44. The zero-order chi connectivity index (χ0) is 17.1. The molecule has 0 fully saturated rings. The van der Waals surface area contributed by atoms with Gasteiger partial charge in [0.15, 0.2) is 5.13 Å². The van der Waals surface area contributed by atoms with E-state index in [-0.39, 0.29) is 5.57 Å². The van der Waals surface area contributed by atoms with Gasteiger partial charge in [0.25, 0.3) is 5.91 Å². The summed E-state index contributed by atoms with van der Waals surface area (Å²) in [6.45, 7) is 4.03. The van der Waals surface area contributed by atoms with Gasteiger partial charge in [-0.1, -0.05) is 47.7 Å². The monoisotopic (exact) mass is 333 g/mol. The Hall–Kier alpha value is -2.97. The SMILES string of the molecule is Cc1cc(C)c2nc(NC(=O)/C(C#N)=C/c3ccccc3)sc2c1. The molecule has 0 unspecified atom stereocenters. The first kappa shape index (κ1) is 15.9. The molecule has 0 bridgehead atoms. The Morgan fingerprint density at radius 3 is 2.71 bits per heavy atom. The number of amides is 1. The molecule has 3 rings (SSSR count). The van der Waals surface area contributed by atoms with Crippen molar-refractivity contribution in [1.29, 1.82) is 5.26 Å². The van der Waals surface area contributed by atoms with Crippen LogP contribution in [0.25, 0.3) is 16.3 Å². The third-order valence-electron chi connectivity index (χ3n) is 3.53. The van der Waals surface area contributed by atoms with Crippen molar-refractivity contribution < 1.29 is 4.79 Å². The molecule has 1 aromatic heterocycles. The van der Waals surface area contributed by atoms with Gasteiger partial charge in [0.2, 0.25) is 0 Å². The fraction of sp³-hybridized carbons (Fsp3) is 0.105. The molecule has 5 heteroatoms. The minimum absolute atomic E-state index is 0.0494. The van der Waals surface area contributed by atoms with Crippen LogP contribution >= 0.6 is 11.3 Å². The van der Waals surface area contributed by atoms with Crippen molar-refractivity contribution in [3.8, 4) is 6.07 Å². The van der Waals surface area contributed by atoms with Gasteiger partial charge in [0.1, 0.15) is 11.6 Å². The van der Waals surface area contributed by atoms with Gasteiger partial charge in [-0.05, 0) is 42.7 Å². The van der Waals surface area contributed by atoms with Crippen LogP contribution in [0, 0.1) is 25.2 Å². The van der Waals surface area contributed by atoms with Crippen molar-refractivity contribution in [3.05, 3.63) is 64.7 Å². The summed E-state index contributed by atoms with van der Waals surface area (Å²) in [4.78, 5) is 16.8. The molecule has 0 saturated carbocycles. The minimum atomic E-state index is -0.449. The van der Waals surface area contributed by atoms with E-state index in [4.69, 9.17) is 0 Å². The lowest BCUT2D eigenvalue weighted by Crippen LogP contribution is -2.13. The van der Waals surface area contributed by atoms with Crippen molar-refractivity contribution in [2.45, 2.75) is 13.8 Å². The molecule has 0 radical (unpaired) electrons. The van der Waals surface area contributed by atoms with Crippen LogP contribution in [0.1, 0.15) is 16.7 Å². The lowest BCUT2D eigenvalue weighted by atomic mass is 10.1. The molecule has 24 heavy (non-hydrogen) atoms. The molecule has 0 aliphatic carbocycles. The first-order chi connectivity index (χ1) is 11.6. The molecular weight excluding hydrogens is 318 g/mol. The first-order valence-corrected chi connectivity index (χ1v) is 8.24. The second-order valence-electron chi connectivity index (χ2n) is 5.48. The van der Waals surface area contributed by atoms with E-state index in [9.17, 15) is 10.1 Å². The van der Waals surface area contributed by atoms with Gasteiger partial charge < -0.3 is 0 Å². The average Bonchev–Trinajstić information content (AvgIpc) is 2.96. The highest BCUT2D eigenvalue weighted by Crippen LogP contribution is 2.29. The van der Waals surface area contributed by atoms with Gasteiger partial charge in [-0.3, -0.25) is 10.1 Å². The minimum Gasteiger partial charge on any atom is -0.297 e. The van der Waals surface area contributed by atoms with Crippen LogP contribution in [0.3, 0.4) is 0 Å². The predicted molar refractivity (Wildman–Crippen MR) is 97.8 cm³/mol. The Bertz CT molecular complexity index is 981. The van der Waals surface area contributed by atoms with Gasteiger partial charge in [-0.25, -0.2) is 4.98 Å². The summed E-state index contributed by atoms with van der Waals surface area (Å²) in [6.07, 6.45) is 1.57. The second-order valence-corrected chi connectivity index (χ2v) is 6.51. The van der Waals surface area contributed by atoms with E-state index >= 15 is 0 Å². The van der Waals surface area contributed by atoms with Gasteiger partial charge in [-0.2, -0.15) is 5.26 Å². The van der Waals surface area contributed by atoms with E-state index in [1.165, 1.54) is 11.3 Å². The lowest BCUT2D eigenvalue weighted by Gasteiger charge is -2.00. The fourth-order valence-corrected chi connectivity index (χ4v) is 3.49. The number of rotatable bonds is 3. The quantitative estimate of drug-likeness (QED) is 0.568. The molecule has 1 amide bonds. The van der Waals surface area contributed by atoms with Crippen molar-refractivity contribution >= 4 is 38.7 Å². The summed E-state index contributed by atoms with van der Waals surface area (Å²) in [5.74, 6) is -0.449. The second kappa shape index (κ2) is 6.65. The molecule has 1 heterocycles. The van der Waals surface area contributed by atoms with Crippen LogP contribution in [0.2, 0.25) is 0 Å². The fourth-order valence-electron chi connectivity index (χ4n) is 2.45. The topological polar surface area (TPSA) is 65.8 Å². The number of thiazole rings is 1. The number of nitrogens with zero attached hydrogens (tertiary/aromatic N) is 2. The van der Waals surface area contributed by atoms with Crippen LogP contribution in [0.5, 0.6) is 0 Å². The number of hydrogen-bond donors (Lipinski definition) is 1. The molecule has 118 valence electrons. The molecule has 0 spiro atoms. The van der Waals surface area contributed by atoms with E-state index < -0.39 is 5.91 Å². The van der Waals surface area contributed by atoms with Crippen LogP contribution in [-0.2, 0) is 4.79 Å². The standard InChI is InChI=1S/C19H15N3OS/c1-12-8-13(2)17-16(9-12)24-19(21-17)22-18(23)15(11-20)10-14-6-4-3-5-7-14/h3-10H,1-2H3,(H,21,22,23)/b15-10+. The van der Waals surface area contributed by atoms with Crippen molar-refractivity contribution in [2.75, 3.05) is 5.32 Å². The average molecular weight is 333 g/mol. The number of carbonyl (C=O) groups is 1. The summed E-state index contributed by atoms with van der Waals surface area (Å²) in [5.41, 5.74) is 3.96. The summed E-state index contributed by atoms with van der Waals surface area (Å²) >= 11 is 1.41. The molecule has 0 saturated heterocycles. The number of aromatic nitrogens is 1. The maximum absolute atomic E-state index is 12.3. The van der Waals surface area contributed by atoms with Crippen molar-refractivity contribution in [1.82, 2.24) is 4.98 Å². The smallest absolute Gasteiger partial charge is 0.268 e. The van der Waals surface area contributed by atoms with Crippen LogP contribution < -0.4 is 5.32 Å². The normalized spacial score (nSPS) is 11.3. The number of aryl methyl sites for hydroxylation is 2. The zero-order valence-corrected chi connectivity index (χ0v) is 14.1. The van der Waals surface area contributed by atoms with Crippen molar-refractivity contribution in [3.63, 3.8) is 0 Å². The summed E-state index contributed by atoms with van der Waals surface area (Å²) in [7, 11) is 0. The highest BCUT2D eigenvalue weighted by molar-refractivity contribution is 7.22. The van der Waals surface area contributed by atoms with Crippen molar-refractivity contribution in [2.24, 2.45) is 0 Å². The molecule has 4 nitrogen and oxygen atoms in total. The Labute approximate surface area is 144 Å². The molecule has 3 aromatic rings. The number of nitriles is 1. The highest BCUT2D eigenvalue weighted by Gasteiger charge is 2.13. The van der Waals surface area contributed by atoms with Gasteiger partial charge >= 0.3 is 0 Å². The maximum atomic E-state index is 12.3. The lowest BCUT2D eigenvalue weighted by molar-refractivity contribution is -0.112. The number of benzene rings is 2. The van der Waals surface area contributed by atoms with E-state index in [0.29, 0.717) is 5.13 Å². The van der Waals surface area contributed by atoms with Crippen LogP contribution in [0.15, 0.2) is 48.0 Å². The van der Waals surface area contributed by atoms with Crippen LogP contribution in [0.4, 0.5) is 5.13 Å². The number of carbonyl (C=O) groups excluding carboxylic acids is 1. The molecule has 0 aliphatic heterocycles. The Morgan fingerprint density at radius 2 is 2.00 bits per heavy atom.